The van der Waals surface area contributed by atoms with E-state index in [-0.39, 0.29) is 0 Å². The second-order valence-corrected chi connectivity index (χ2v) is 4.82. The number of nitrogens with zero attached hydrogens (tertiary/aromatic N) is 1. The van der Waals surface area contributed by atoms with Gasteiger partial charge < -0.3 is 11.1 Å². The minimum absolute atomic E-state index is 0.353. The largest absolute Gasteiger partial charge is 0.328 e. The number of nitriles is 1. The van der Waals surface area contributed by atoms with E-state index in [2.05, 4.69) is 17.5 Å². The predicted molar refractivity (Wildman–Crippen MR) is 68.2 cm³/mol. The molecule has 17 heavy (non-hydrogen) atoms. The van der Waals surface area contributed by atoms with Crippen LogP contribution in [0.15, 0.2) is 24.3 Å². The highest BCUT2D eigenvalue weighted by molar-refractivity contribution is 5.32. The third-order valence-corrected chi connectivity index (χ3v) is 3.37. The number of rotatable bonds is 3. The van der Waals surface area contributed by atoms with Crippen molar-refractivity contribution in [3.63, 3.8) is 0 Å². The van der Waals surface area contributed by atoms with E-state index in [1.807, 2.05) is 18.2 Å². The van der Waals surface area contributed by atoms with Gasteiger partial charge in [-0.1, -0.05) is 18.6 Å². The highest BCUT2D eigenvalue weighted by atomic mass is 14.9. The van der Waals surface area contributed by atoms with Gasteiger partial charge in [0.25, 0.3) is 0 Å². The summed E-state index contributed by atoms with van der Waals surface area (Å²) in [5, 5.41) is 12.4. The molecule has 1 saturated carbocycles. The molecule has 0 amide bonds. The number of benzene rings is 1. The summed E-state index contributed by atoms with van der Waals surface area (Å²) in [6.45, 7) is 0.826. The van der Waals surface area contributed by atoms with Crippen molar-refractivity contribution < 1.29 is 0 Å². The van der Waals surface area contributed by atoms with E-state index in [1.54, 1.807) is 0 Å². The molecule has 3 heteroatoms. The van der Waals surface area contributed by atoms with Gasteiger partial charge in [0.2, 0.25) is 0 Å². The number of nitrogens with two attached hydrogens (primary N) is 1. The zero-order valence-electron chi connectivity index (χ0n) is 10.0. The molecule has 0 radical (unpaired) electrons. The van der Waals surface area contributed by atoms with Gasteiger partial charge in [0.15, 0.2) is 0 Å². The van der Waals surface area contributed by atoms with Gasteiger partial charge >= 0.3 is 0 Å². The molecule has 1 aliphatic carbocycles. The molecule has 2 atom stereocenters. The van der Waals surface area contributed by atoms with Crippen LogP contribution in [0.1, 0.15) is 36.8 Å². The van der Waals surface area contributed by atoms with E-state index < -0.39 is 0 Å². The van der Waals surface area contributed by atoms with Crippen LogP contribution in [0, 0.1) is 11.3 Å². The van der Waals surface area contributed by atoms with Gasteiger partial charge in [0.05, 0.1) is 11.6 Å². The van der Waals surface area contributed by atoms with Crippen LogP contribution in [0.5, 0.6) is 0 Å². The van der Waals surface area contributed by atoms with Crippen molar-refractivity contribution >= 4 is 0 Å². The van der Waals surface area contributed by atoms with Crippen LogP contribution in [0.4, 0.5) is 0 Å². The Morgan fingerprint density at radius 2 is 2.29 bits per heavy atom. The molecule has 0 saturated heterocycles. The molecule has 0 aromatic heterocycles. The zero-order valence-corrected chi connectivity index (χ0v) is 10.0. The summed E-state index contributed by atoms with van der Waals surface area (Å²) in [6.07, 6.45) is 4.66. The average molecular weight is 229 g/mol. The average Bonchev–Trinajstić information content (AvgIpc) is 2.37. The quantitative estimate of drug-likeness (QED) is 0.832. The number of nitrogens with one attached hydrogen (secondary N) is 1. The summed E-state index contributed by atoms with van der Waals surface area (Å²) >= 11 is 0. The van der Waals surface area contributed by atoms with Crippen LogP contribution in [0.2, 0.25) is 0 Å². The number of hydrogen-bond donors (Lipinski definition) is 2. The Hall–Kier alpha value is -1.37. The summed E-state index contributed by atoms with van der Waals surface area (Å²) in [4.78, 5) is 0. The Balaban J connectivity index is 1.87. The van der Waals surface area contributed by atoms with Crippen LogP contribution in [-0.2, 0) is 6.54 Å². The summed E-state index contributed by atoms with van der Waals surface area (Å²) in [5.74, 6) is 0. The lowest BCUT2D eigenvalue weighted by atomic mass is 9.91. The monoisotopic (exact) mass is 229 g/mol. The zero-order chi connectivity index (χ0) is 12.1. The first kappa shape index (κ1) is 12.1. The van der Waals surface area contributed by atoms with Crippen LogP contribution in [-0.4, -0.2) is 12.1 Å². The molecule has 3 N–H and O–H groups in total. The van der Waals surface area contributed by atoms with Crippen LogP contribution < -0.4 is 11.1 Å². The molecule has 0 heterocycles. The van der Waals surface area contributed by atoms with Crippen LogP contribution in [0.25, 0.3) is 0 Å². The Labute approximate surface area is 103 Å². The van der Waals surface area contributed by atoms with Crippen molar-refractivity contribution in [2.45, 2.75) is 44.3 Å². The van der Waals surface area contributed by atoms with E-state index in [1.165, 1.54) is 18.4 Å². The molecular formula is C14H19N3. The first-order valence-corrected chi connectivity index (χ1v) is 6.26. The third kappa shape index (κ3) is 3.55. The van der Waals surface area contributed by atoms with E-state index in [9.17, 15) is 0 Å². The van der Waals surface area contributed by atoms with Crippen molar-refractivity contribution in [3.05, 3.63) is 35.4 Å². The second kappa shape index (κ2) is 5.81. The Morgan fingerprint density at radius 1 is 1.41 bits per heavy atom. The lowest BCUT2D eigenvalue weighted by Crippen LogP contribution is -2.39. The van der Waals surface area contributed by atoms with Gasteiger partial charge in [-0.25, -0.2) is 0 Å². The molecule has 0 bridgehead atoms. The van der Waals surface area contributed by atoms with Gasteiger partial charge in [-0.2, -0.15) is 5.26 Å². The summed E-state index contributed by atoms with van der Waals surface area (Å²) in [7, 11) is 0. The van der Waals surface area contributed by atoms with Crippen molar-refractivity contribution in [2.75, 3.05) is 0 Å². The molecule has 2 unspecified atom stereocenters. The molecule has 1 aromatic rings. The van der Waals surface area contributed by atoms with E-state index >= 15 is 0 Å². The summed E-state index contributed by atoms with van der Waals surface area (Å²) in [5.41, 5.74) is 7.85. The van der Waals surface area contributed by atoms with Crippen molar-refractivity contribution in [1.29, 1.82) is 5.26 Å². The molecular weight excluding hydrogens is 210 g/mol. The van der Waals surface area contributed by atoms with E-state index in [4.69, 9.17) is 11.0 Å². The Kier molecular flexibility index (Phi) is 4.13. The maximum absolute atomic E-state index is 8.83. The van der Waals surface area contributed by atoms with Crippen molar-refractivity contribution in [1.82, 2.24) is 5.32 Å². The fourth-order valence-electron chi connectivity index (χ4n) is 2.43. The maximum Gasteiger partial charge on any atom is 0.0991 e. The lowest BCUT2D eigenvalue weighted by Gasteiger charge is -2.27. The summed E-state index contributed by atoms with van der Waals surface area (Å²) < 4.78 is 0. The first-order valence-electron chi connectivity index (χ1n) is 6.26. The normalized spacial score (nSPS) is 24.2. The fraction of sp³-hybridized carbons (Fsp3) is 0.500. The highest BCUT2D eigenvalue weighted by Crippen LogP contribution is 2.17. The molecule has 90 valence electrons. The SMILES string of the molecule is N#Cc1cccc(CNC2CCCC(N)C2)c1. The molecule has 3 nitrogen and oxygen atoms in total. The van der Waals surface area contributed by atoms with Gasteiger partial charge in [-0.05, 0) is 37.0 Å². The standard InChI is InChI=1S/C14H19N3/c15-9-11-3-1-4-12(7-11)10-17-14-6-2-5-13(16)8-14/h1,3-4,7,13-14,17H,2,5-6,8,10,16H2. The predicted octanol–water partition coefficient (Wildman–Crippen LogP) is 1.92. The van der Waals surface area contributed by atoms with Gasteiger partial charge in [0, 0.05) is 18.6 Å². The van der Waals surface area contributed by atoms with Gasteiger partial charge in [0.1, 0.15) is 0 Å². The highest BCUT2D eigenvalue weighted by Gasteiger charge is 2.18. The van der Waals surface area contributed by atoms with E-state index in [0.29, 0.717) is 12.1 Å². The molecule has 1 aliphatic rings. The molecule has 1 fully saturated rings. The third-order valence-electron chi connectivity index (χ3n) is 3.37. The molecule has 0 aliphatic heterocycles. The molecule has 2 rings (SSSR count). The maximum atomic E-state index is 8.83. The molecule has 1 aromatic carbocycles. The number of hydrogen-bond acceptors (Lipinski definition) is 3. The Bertz CT molecular complexity index is 408. The van der Waals surface area contributed by atoms with Gasteiger partial charge in [-0.15, -0.1) is 0 Å². The first-order chi connectivity index (χ1) is 8.28. The second-order valence-electron chi connectivity index (χ2n) is 4.82. The Morgan fingerprint density at radius 3 is 3.06 bits per heavy atom. The molecule has 0 spiro atoms. The minimum Gasteiger partial charge on any atom is -0.328 e. The van der Waals surface area contributed by atoms with Gasteiger partial charge in [-0.3, -0.25) is 0 Å². The summed E-state index contributed by atoms with van der Waals surface area (Å²) in [6, 6.07) is 10.8. The van der Waals surface area contributed by atoms with Crippen molar-refractivity contribution in [3.8, 4) is 6.07 Å². The topological polar surface area (TPSA) is 61.8 Å². The minimum atomic E-state index is 0.353. The fourth-order valence-corrected chi connectivity index (χ4v) is 2.43. The van der Waals surface area contributed by atoms with E-state index in [0.717, 1.165) is 24.9 Å². The van der Waals surface area contributed by atoms with Crippen LogP contribution in [0.3, 0.4) is 0 Å². The lowest BCUT2D eigenvalue weighted by molar-refractivity contribution is 0.338. The van der Waals surface area contributed by atoms with Crippen molar-refractivity contribution in [2.24, 2.45) is 5.73 Å². The smallest absolute Gasteiger partial charge is 0.0991 e. The van der Waals surface area contributed by atoms with Crippen LogP contribution >= 0.6 is 0 Å².